The van der Waals surface area contributed by atoms with Crippen molar-refractivity contribution in [3.05, 3.63) is 62.7 Å². The maximum atomic E-state index is 12.5. The van der Waals surface area contributed by atoms with Crippen molar-refractivity contribution < 1.29 is 18.0 Å². The van der Waals surface area contributed by atoms with Crippen molar-refractivity contribution in [1.29, 1.82) is 0 Å². The van der Waals surface area contributed by atoms with Crippen molar-refractivity contribution in [2.75, 3.05) is 5.32 Å². The summed E-state index contributed by atoms with van der Waals surface area (Å²) in [5.41, 5.74) is 1.76. The standard InChI is InChI=1S/C16H9F3INO/c17-16(18,19)10-3-1-9(2-4-10)7-13-12-8-11(20)5-6-14(12)21-15(13)22/h1-8H,(H,21,22). The number of hydrogen-bond acceptors (Lipinski definition) is 1. The Kier molecular flexibility index (Phi) is 3.72. The molecule has 0 spiro atoms. The maximum Gasteiger partial charge on any atom is 0.416 e. The molecule has 1 N–H and O–H groups in total. The first-order valence-electron chi connectivity index (χ1n) is 6.35. The summed E-state index contributed by atoms with van der Waals surface area (Å²) in [7, 11) is 0. The second kappa shape index (κ2) is 5.42. The molecule has 2 aromatic rings. The highest BCUT2D eigenvalue weighted by Crippen LogP contribution is 2.35. The van der Waals surface area contributed by atoms with Crippen LogP contribution in [0.1, 0.15) is 16.7 Å². The summed E-state index contributed by atoms with van der Waals surface area (Å²) < 4.78 is 38.6. The van der Waals surface area contributed by atoms with Crippen LogP contribution in [0.15, 0.2) is 42.5 Å². The summed E-state index contributed by atoms with van der Waals surface area (Å²) in [6, 6.07) is 10.3. The minimum absolute atomic E-state index is 0.253. The molecule has 6 heteroatoms. The van der Waals surface area contributed by atoms with Crippen LogP contribution in [0.2, 0.25) is 0 Å². The first-order chi connectivity index (χ1) is 10.3. The normalized spacial score (nSPS) is 15.8. The van der Waals surface area contributed by atoms with Crippen molar-refractivity contribution in [1.82, 2.24) is 0 Å². The number of rotatable bonds is 1. The van der Waals surface area contributed by atoms with E-state index in [2.05, 4.69) is 27.9 Å². The smallest absolute Gasteiger partial charge is 0.321 e. The molecule has 22 heavy (non-hydrogen) atoms. The minimum atomic E-state index is -4.36. The number of nitrogens with one attached hydrogen (secondary N) is 1. The van der Waals surface area contributed by atoms with Crippen LogP contribution in [-0.2, 0) is 11.0 Å². The average Bonchev–Trinajstić information content (AvgIpc) is 2.75. The number of hydrogen-bond donors (Lipinski definition) is 1. The van der Waals surface area contributed by atoms with Crippen LogP contribution in [0.5, 0.6) is 0 Å². The first kappa shape index (κ1) is 15.1. The highest BCUT2D eigenvalue weighted by molar-refractivity contribution is 14.1. The lowest BCUT2D eigenvalue weighted by Crippen LogP contribution is -2.04. The van der Waals surface area contributed by atoms with Gasteiger partial charge in [-0.3, -0.25) is 4.79 Å². The summed E-state index contributed by atoms with van der Waals surface area (Å²) in [4.78, 5) is 12.0. The largest absolute Gasteiger partial charge is 0.416 e. The molecule has 0 bridgehead atoms. The number of fused-ring (bicyclic) bond motifs is 1. The van der Waals surface area contributed by atoms with Gasteiger partial charge in [0.2, 0.25) is 0 Å². The van der Waals surface area contributed by atoms with Gasteiger partial charge < -0.3 is 5.32 Å². The lowest BCUT2D eigenvalue weighted by atomic mass is 10.0. The van der Waals surface area contributed by atoms with Gasteiger partial charge in [-0.1, -0.05) is 12.1 Å². The average molecular weight is 415 g/mol. The highest BCUT2D eigenvalue weighted by atomic mass is 127. The number of benzene rings is 2. The second-order valence-corrected chi connectivity index (χ2v) is 6.07. The third-order valence-electron chi connectivity index (χ3n) is 3.31. The van der Waals surface area contributed by atoms with Crippen molar-refractivity contribution in [2.24, 2.45) is 0 Å². The molecule has 0 saturated heterocycles. The minimum Gasteiger partial charge on any atom is -0.321 e. The molecule has 3 rings (SSSR count). The van der Waals surface area contributed by atoms with Crippen molar-refractivity contribution in [2.45, 2.75) is 6.18 Å². The fraction of sp³-hybridized carbons (Fsp3) is 0.0625. The van der Waals surface area contributed by atoms with Gasteiger partial charge in [0.05, 0.1) is 5.56 Å². The number of amides is 1. The Labute approximate surface area is 138 Å². The topological polar surface area (TPSA) is 29.1 Å². The molecule has 1 aliphatic rings. The molecule has 0 fully saturated rings. The molecule has 1 aliphatic heterocycles. The quantitative estimate of drug-likeness (QED) is 0.526. The van der Waals surface area contributed by atoms with Gasteiger partial charge >= 0.3 is 6.18 Å². The van der Waals surface area contributed by atoms with Gasteiger partial charge in [0.25, 0.3) is 5.91 Å². The van der Waals surface area contributed by atoms with Crippen LogP contribution < -0.4 is 5.32 Å². The zero-order valence-electron chi connectivity index (χ0n) is 11.0. The fourth-order valence-corrected chi connectivity index (χ4v) is 2.73. The van der Waals surface area contributed by atoms with E-state index in [1.165, 1.54) is 12.1 Å². The van der Waals surface area contributed by atoms with Crippen LogP contribution in [0.3, 0.4) is 0 Å². The van der Waals surface area contributed by atoms with Gasteiger partial charge in [-0.05, 0) is 64.6 Å². The van der Waals surface area contributed by atoms with E-state index in [0.29, 0.717) is 16.8 Å². The number of carbonyl (C=O) groups excluding carboxylic acids is 1. The van der Waals surface area contributed by atoms with E-state index >= 15 is 0 Å². The number of halogens is 4. The van der Waals surface area contributed by atoms with E-state index < -0.39 is 11.7 Å². The Bertz CT molecular complexity index is 779. The predicted molar refractivity (Wildman–Crippen MR) is 87.1 cm³/mol. The van der Waals surface area contributed by atoms with E-state index in [1.807, 2.05) is 18.2 Å². The van der Waals surface area contributed by atoms with Gasteiger partial charge in [-0.15, -0.1) is 0 Å². The second-order valence-electron chi connectivity index (χ2n) is 4.82. The number of alkyl halides is 3. The molecule has 0 aromatic heterocycles. The first-order valence-corrected chi connectivity index (χ1v) is 7.43. The van der Waals surface area contributed by atoms with Gasteiger partial charge in [-0.25, -0.2) is 0 Å². The van der Waals surface area contributed by atoms with Gasteiger partial charge in [0.15, 0.2) is 0 Å². The molecule has 2 aromatic carbocycles. The summed E-state index contributed by atoms with van der Waals surface area (Å²) in [5.74, 6) is -0.253. The zero-order chi connectivity index (χ0) is 15.9. The Morgan fingerprint density at radius 3 is 2.36 bits per heavy atom. The van der Waals surface area contributed by atoms with Gasteiger partial charge in [-0.2, -0.15) is 13.2 Å². The van der Waals surface area contributed by atoms with Crippen molar-refractivity contribution >= 4 is 45.8 Å². The SMILES string of the molecule is O=C1Nc2ccc(I)cc2C1=Cc1ccc(C(F)(F)F)cc1. The molecule has 0 unspecified atom stereocenters. The molecular formula is C16H9F3INO. The lowest BCUT2D eigenvalue weighted by Gasteiger charge is -2.06. The van der Waals surface area contributed by atoms with Crippen molar-refractivity contribution in [3.8, 4) is 0 Å². The third-order valence-corrected chi connectivity index (χ3v) is 3.98. The van der Waals surface area contributed by atoms with Crippen LogP contribution in [0, 0.1) is 3.57 Å². The van der Waals surface area contributed by atoms with E-state index in [0.717, 1.165) is 21.3 Å². The maximum absolute atomic E-state index is 12.5. The van der Waals surface area contributed by atoms with Gasteiger partial charge in [0.1, 0.15) is 0 Å². The molecule has 2 nitrogen and oxygen atoms in total. The fourth-order valence-electron chi connectivity index (χ4n) is 2.24. The Hall–Kier alpha value is -1.83. The Balaban J connectivity index is 1.99. The molecular weight excluding hydrogens is 406 g/mol. The lowest BCUT2D eigenvalue weighted by molar-refractivity contribution is -0.137. The van der Waals surface area contributed by atoms with Gasteiger partial charge in [0, 0.05) is 20.4 Å². The van der Waals surface area contributed by atoms with Crippen LogP contribution in [0.25, 0.3) is 11.6 Å². The summed E-state index contributed by atoms with van der Waals surface area (Å²) in [5, 5.41) is 2.74. The van der Waals surface area contributed by atoms with Crippen LogP contribution in [-0.4, -0.2) is 5.91 Å². The molecule has 1 amide bonds. The highest BCUT2D eigenvalue weighted by Gasteiger charge is 2.30. The monoisotopic (exact) mass is 415 g/mol. The number of anilines is 1. The van der Waals surface area contributed by atoms with E-state index in [9.17, 15) is 18.0 Å². The van der Waals surface area contributed by atoms with Crippen LogP contribution >= 0.6 is 22.6 Å². The summed E-state index contributed by atoms with van der Waals surface area (Å²) >= 11 is 2.14. The molecule has 0 aliphatic carbocycles. The van der Waals surface area contributed by atoms with E-state index in [1.54, 1.807) is 6.08 Å². The van der Waals surface area contributed by atoms with Crippen molar-refractivity contribution in [3.63, 3.8) is 0 Å². The molecule has 0 saturated carbocycles. The molecule has 112 valence electrons. The zero-order valence-corrected chi connectivity index (χ0v) is 13.2. The molecule has 0 atom stereocenters. The van der Waals surface area contributed by atoms with E-state index in [4.69, 9.17) is 0 Å². The Morgan fingerprint density at radius 2 is 1.73 bits per heavy atom. The number of carbonyl (C=O) groups is 1. The molecule has 1 heterocycles. The Morgan fingerprint density at radius 1 is 1.05 bits per heavy atom. The third kappa shape index (κ3) is 2.87. The summed E-state index contributed by atoms with van der Waals surface area (Å²) in [6.07, 6.45) is -2.77. The molecule has 0 radical (unpaired) electrons. The van der Waals surface area contributed by atoms with E-state index in [-0.39, 0.29) is 5.91 Å². The van der Waals surface area contributed by atoms with Crippen LogP contribution in [0.4, 0.5) is 18.9 Å². The summed E-state index contributed by atoms with van der Waals surface area (Å²) in [6.45, 7) is 0. The predicted octanol–water partition coefficient (Wildman–Crippen LogP) is 4.80.